The molecular formula is C23H24N2O2S. The number of carbonyl (C=O) groups excluding carboxylic acids is 1. The summed E-state index contributed by atoms with van der Waals surface area (Å²) in [6, 6.07) is 25.8. The molecule has 0 saturated carbocycles. The summed E-state index contributed by atoms with van der Waals surface area (Å²) in [6.45, 7) is 0.898. The van der Waals surface area contributed by atoms with Crippen molar-refractivity contribution in [1.82, 2.24) is 0 Å². The molecule has 0 atom stereocenters. The van der Waals surface area contributed by atoms with Gasteiger partial charge in [-0.2, -0.15) is 0 Å². The van der Waals surface area contributed by atoms with Gasteiger partial charge in [0.05, 0.1) is 19.3 Å². The fourth-order valence-electron chi connectivity index (χ4n) is 2.95. The van der Waals surface area contributed by atoms with Crippen LogP contribution in [0.1, 0.15) is 5.56 Å². The average molecular weight is 393 g/mol. The zero-order valence-electron chi connectivity index (χ0n) is 16.1. The van der Waals surface area contributed by atoms with Crippen LogP contribution in [0.15, 0.2) is 83.8 Å². The highest BCUT2D eigenvalue weighted by Gasteiger charge is 2.14. The molecule has 28 heavy (non-hydrogen) atoms. The zero-order chi connectivity index (χ0) is 19.8. The van der Waals surface area contributed by atoms with Gasteiger partial charge in [-0.3, -0.25) is 4.79 Å². The molecule has 1 N–H and O–H groups in total. The third-order valence-corrected chi connectivity index (χ3v) is 5.17. The minimum absolute atomic E-state index is 0.0479. The maximum absolute atomic E-state index is 12.8. The van der Waals surface area contributed by atoms with Gasteiger partial charge in [0, 0.05) is 17.1 Å². The van der Waals surface area contributed by atoms with Crippen LogP contribution in [0.4, 0.5) is 11.4 Å². The summed E-state index contributed by atoms with van der Waals surface area (Å²) in [4.78, 5) is 15.9. The van der Waals surface area contributed by atoms with Crippen molar-refractivity contribution >= 4 is 29.0 Å². The molecule has 0 saturated heterocycles. The van der Waals surface area contributed by atoms with Gasteiger partial charge in [0.1, 0.15) is 5.75 Å². The number of carbonyl (C=O) groups is 1. The number of hydrogen-bond donors (Lipinski definition) is 1. The van der Waals surface area contributed by atoms with E-state index in [1.54, 1.807) is 18.9 Å². The molecule has 3 rings (SSSR count). The second kappa shape index (κ2) is 9.85. The van der Waals surface area contributed by atoms with Crippen molar-refractivity contribution in [2.45, 2.75) is 11.4 Å². The lowest BCUT2D eigenvalue weighted by Gasteiger charge is -2.25. The SMILES string of the molecule is COc1ccc(N(CC(=O)Nc2ccccc2SC)Cc2ccccc2)cc1. The van der Waals surface area contributed by atoms with Crippen LogP contribution < -0.4 is 15.0 Å². The molecule has 0 heterocycles. The third kappa shape index (κ3) is 5.30. The number of amides is 1. The van der Waals surface area contributed by atoms with Crippen LogP contribution in [-0.2, 0) is 11.3 Å². The van der Waals surface area contributed by atoms with Crippen molar-refractivity contribution in [2.75, 3.05) is 30.1 Å². The molecule has 0 bridgehead atoms. The highest BCUT2D eigenvalue weighted by Crippen LogP contribution is 2.25. The summed E-state index contributed by atoms with van der Waals surface area (Å²) in [5.74, 6) is 0.745. The Balaban J connectivity index is 1.78. The van der Waals surface area contributed by atoms with Gasteiger partial charge in [0.15, 0.2) is 0 Å². The first-order chi connectivity index (χ1) is 13.7. The van der Waals surface area contributed by atoms with Crippen molar-refractivity contribution in [2.24, 2.45) is 0 Å². The van der Waals surface area contributed by atoms with E-state index in [4.69, 9.17) is 4.74 Å². The van der Waals surface area contributed by atoms with Crippen LogP contribution in [0, 0.1) is 0 Å². The van der Waals surface area contributed by atoms with E-state index in [9.17, 15) is 4.79 Å². The zero-order valence-corrected chi connectivity index (χ0v) is 16.9. The molecule has 0 aliphatic carbocycles. The quantitative estimate of drug-likeness (QED) is 0.544. The molecule has 4 nitrogen and oxygen atoms in total. The molecule has 3 aromatic carbocycles. The molecule has 0 unspecified atom stereocenters. The van der Waals surface area contributed by atoms with Gasteiger partial charge in [-0.1, -0.05) is 42.5 Å². The molecule has 0 aromatic heterocycles. The highest BCUT2D eigenvalue weighted by molar-refractivity contribution is 7.98. The number of hydrogen-bond acceptors (Lipinski definition) is 4. The van der Waals surface area contributed by atoms with E-state index >= 15 is 0 Å². The Hall–Kier alpha value is -2.92. The Morgan fingerprint density at radius 1 is 0.964 bits per heavy atom. The van der Waals surface area contributed by atoms with E-state index in [0.29, 0.717) is 6.54 Å². The van der Waals surface area contributed by atoms with Crippen molar-refractivity contribution in [3.63, 3.8) is 0 Å². The maximum atomic E-state index is 12.8. The van der Waals surface area contributed by atoms with E-state index in [2.05, 4.69) is 22.3 Å². The second-order valence-corrected chi connectivity index (χ2v) is 7.14. The van der Waals surface area contributed by atoms with Crippen molar-refractivity contribution in [1.29, 1.82) is 0 Å². The molecular weight excluding hydrogens is 368 g/mol. The van der Waals surface area contributed by atoms with Gasteiger partial charge in [-0.15, -0.1) is 11.8 Å². The van der Waals surface area contributed by atoms with E-state index in [1.807, 2.05) is 73.0 Å². The first kappa shape index (κ1) is 19.8. The summed E-state index contributed by atoms with van der Waals surface area (Å²) in [5, 5.41) is 3.04. The summed E-state index contributed by atoms with van der Waals surface area (Å²) in [5.41, 5.74) is 2.96. The topological polar surface area (TPSA) is 41.6 Å². The Kier molecular flexibility index (Phi) is 6.98. The van der Waals surface area contributed by atoms with Crippen molar-refractivity contribution in [3.05, 3.63) is 84.4 Å². The van der Waals surface area contributed by atoms with Crippen molar-refractivity contribution < 1.29 is 9.53 Å². The predicted octanol–water partition coefficient (Wildman–Crippen LogP) is 5.06. The van der Waals surface area contributed by atoms with Gasteiger partial charge in [-0.05, 0) is 48.2 Å². The average Bonchev–Trinajstić information content (AvgIpc) is 2.74. The molecule has 0 aliphatic rings. The number of methoxy groups -OCH3 is 1. The number of nitrogens with one attached hydrogen (secondary N) is 1. The minimum atomic E-state index is -0.0479. The van der Waals surface area contributed by atoms with Crippen LogP contribution in [0.25, 0.3) is 0 Å². The van der Waals surface area contributed by atoms with Gasteiger partial charge >= 0.3 is 0 Å². The molecule has 3 aromatic rings. The molecule has 0 aliphatic heterocycles. The van der Waals surface area contributed by atoms with Gasteiger partial charge < -0.3 is 15.0 Å². The Morgan fingerprint density at radius 2 is 1.64 bits per heavy atom. The largest absolute Gasteiger partial charge is 0.497 e. The number of thioether (sulfide) groups is 1. The van der Waals surface area contributed by atoms with Crippen molar-refractivity contribution in [3.8, 4) is 5.75 Å². The smallest absolute Gasteiger partial charge is 0.243 e. The summed E-state index contributed by atoms with van der Waals surface area (Å²) in [6.07, 6.45) is 2.00. The fourth-order valence-corrected chi connectivity index (χ4v) is 3.50. The Bertz CT molecular complexity index is 898. The predicted molar refractivity (Wildman–Crippen MR) is 117 cm³/mol. The highest BCUT2D eigenvalue weighted by atomic mass is 32.2. The van der Waals surface area contributed by atoms with Crippen LogP contribution in [0.3, 0.4) is 0 Å². The summed E-state index contributed by atoms with van der Waals surface area (Å²) >= 11 is 1.62. The first-order valence-corrected chi connectivity index (χ1v) is 10.3. The summed E-state index contributed by atoms with van der Waals surface area (Å²) in [7, 11) is 1.65. The molecule has 0 fully saturated rings. The molecule has 144 valence electrons. The maximum Gasteiger partial charge on any atom is 0.243 e. The fraction of sp³-hybridized carbons (Fsp3) is 0.174. The molecule has 5 heteroatoms. The van der Waals surface area contributed by atoms with Gasteiger partial charge in [-0.25, -0.2) is 0 Å². The monoisotopic (exact) mass is 392 g/mol. The lowest BCUT2D eigenvalue weighted by molar-refractivity contribution is -0.115. The van der Waals surface area contributed by atoms with E-state index in [0.717, 1.165) is 27.6 Å². The number of ether oxygens (including phenoxy) is 1. The van der Waals surface area contributed by atoms with E-state index < -0.39 is 0 Å². The number of rotatable bonds is 8. The molecule has 0 spiro atoms. The molecule has 0 radical (unpaired) electrons. The first-order valence-electron chi connectivity index (χ1n) is 9.05. The van der Waals surface area contributed by atoms with Gasteiger partial charge in [0.2, 0.25) is 5.91 Å². The summed E-state index contributed by atoms with van der Waals surface area (Å²) < 4.78 is 5.25. The second-order valence-electron chi connectivity index (χ2n) is 6.29. The van der Waals surface area contributed by atoms with Gasteiger partial charge in [0.25, 0.3) is 0 Å². The minimum Gasteiger partial charge on any atom is -0.497 e. The number of benzene rings is 3. The number of anilines is 2. The van der Waals surface area contributed by atoms with Crippen LogP contribution >= 0.6 is 11.8 Å². The Labute approximate surface area is 170 Å². The third-order valence-electron chi connectivity index (χ3n) is 4.37. The van der Waals surface area contributed by atoms with Crippen LogP contribution in [-0.4, -0.2) is 25.8 Å². The van der Waals surface area contributed by atoms with E-state index in [1.165, 1.54) is 0 Å². The number of para-hydroxylation sites is 1. The van der Waals surface area contributed by atoms with E-state index in [-0.39, 0.29) is 12.5 Å². The molecule has 1 amide bonds. The van der Waals surface area contributed by atoms with Crippen LogP contribution in [0.2, 0.25) is 0 Å². The van der Waals surface area contributed by atoms with Crippen LogP contribution in [0.5, 0.6) is 5.75 Å². The normalized spacial score (nSPS) is 10.4. The number of nitrogens with zero attached hydrogens (tertiary/aromatic N) is 1. The lowest BCUT2D eigenvalue weighted by Crippen LogP contribution is -2.33. The standard InChI is InChI=1S/C23H24N2O2S/c1-27-20-14-12-19(13-15-20)25(16-18-8-4-3-5-9-18)17-23(26)24-21-10-6-7-11-22(21)28-2/h3-15H,16-17H2,1-2H3,(H,24,26). The lowest BCUT2D eigenvalue weighted by atomic mass is 10.2. The Morgan fingerprint density at radius 3 is 2.32 bits per heavy atom.